The van der Waals surface area contributed by atoms with Crippen molar-refractivity contribution in [2.75, 3.05) is 31.6 Å². The summed E-state index contributed by atoms with van der Waals surface area (Å²) in [6, 6.07) is 11.5. The molecule has 1 N–H and O–H groups in total. The number of carbonyl (C=O) groups excluding carboxylic acids is 2. The zero-order valence-electron chi connectivity index (χ0n) is 15.3. The van der Waals surface area contributed by atoms with E-state index in [2.05, 4.69) is 5.32 Å². The third kappa shape index (κ3) is 4.08. The summed E-state index contributed by atoms with van der Waals surface area (Å²) in [4.78, 5) is 26.5. The van der Waals surface area contributed by atoms with Gasteiger partial charge in [0, 0.05) is 31.3 Å². The van der Waals surface area contributed by atoms with Crippen molar-refractivity contribution in [1.82, 2.24) is 4.90 Å². The first kappa shape index (κ1) is 18.3. The van der Waals surface area contributed by atoms with Crippen LogP contribution in [0.15, 0.2) is 42.5 Å². The fraction of sp³-hybridized carbons (Fsp3) is 0.333. The lowest BCUT2D eigenvalue weighted by Crippen LogP contribution is -2.30. The molecule has 28 heavy (non-hydrogen) atoms. The maximum absolute atomic E-state index is 13.0. The highest BCUT2D eigenvalue weighted by molar-refractivity contribution is 5.97. The van der Waals surface area contributed by atoms with Crippen molar-refractivity contribution in [2.24, 2.45) is 5.92 Å². The molecule has 2 amide bonds. The molecule has 4 rings (SSSR count). The lowest BCUT2D eigenvalue weighted by molar-refractivity contribution is -0.128. The quantitative estimate of drug-likeness (QED) is 0.861. The molecule has 2 aliphatic heterocycles. The second-order valence-corrected chi connectivity index (χ2v) is 6.96. The minimum absolute atomic E-state index is 0.0376. The second kappa shape index (κ2) is 7.88. The van der Waals surface area contributed by atoms with E-state index in [1.54, 1.807) is 35.2 Å². The third-order valence-corrected chi connectivity index (χ3v) is 4.98. The molecule has 0 aliphatic carbocycles. The Morgan fingerprint density at radius 3 is 2.64 bits per heavy atom. The molecular weight excluding hydrogens is 363 g/mol. The molecular formula is C21H21FN2O4. The molecule has 146 valence electrons. The van der Waals surface area contributed by atoms with Gasteiger partial charge in [0.2, 0.25) is 11.8 Å². The smallest absolute Gasteiger partial charge is 0.229 e. The average Bonchev–Trinajstić information content (AvgIpc) is 3.08. The van der Waals surface area contributed by atoms with E-state index in [1.165, 1.54) is 12.1 Å². The van der Waals surface area contributed by atoms with Crippen LogP contribution in [-0.2, 0) is 16.0 Å². The van der Waals surface area contributed by atoms with Gasteiger partial charge in [-0.25, -0.2) is 4.39 Å². The molecule has 2 heterocycles. The average molecular weight is 384 g/mol. The molecule has 0 radical (unpaired) electrons. The van der Waals surface area contributed by atoms with Gasteiger partial charge in [0.15, 0.2) is 11.5 Å². The number of nitrogens with zero attached hydrogens (tertiary/aromatic N) is 1. The summed E-state index contributed by atoms with van der Waals surface area (Å²) in [5, 5.41) is 2.86. The highest BCUT2D eigenvalue weighted by atomic mass is 19.1. The molecule has 0 saturated carbocycles. The number of ether oxygens (including phenoxy) is 2. The number of anilines is 1. The maximum Gasteiger partial charge on any atom is 0.229 e. The lowest BCUT2D eigenvalue weighted by Gasteiger charge is -2.19. The number of nitrogens with one attached hydrogen (secondary N) is 1. The fourth-order valence-corrected chi connectivity index (χ4v) is 3.44. The van der Waals surface area contributed by atoms with Crippen LogP contribution in [0.2, 0.25) is 0 Å². The number of rotatable bonds is 5. The SMILES string of the molecule is O=C(Nc1ccc2c(c1)OCCO2)[C@H]1CC(=O)N(CCc2ccc(F)cc2)C1. The van der Waals surface area contributed by atoms with Gasteiger partial charge in [-0.05, 0) is 36.2 Å². The molecule has 1 saturated heterocycles. The number of fused-ring (bicyclic) bond motifs is 1. The van der Waals surface area contributed by atoms with Crippen molar-refractivity contribution in [3.05, 3.63) is 53.8 Å². The highest BCUT2D eigenvalue weighted by Gasteiger charge is 2.34. The number of carbonyl (C=O) groups is 2. The summed E-state index contributed by atoms with van der Waals surface area (Å²) >= 11 is 0. The predicted octanol–water partition coefficient (Wildman–Crippen LogP) is 2.63. The molecule has 1 atom stereocenters. The van der Waals surface area contributed by atoms with Crippen LogP contribution < -0.4 is 14.8 Å². The minimum Gasteiger partial charge on any atom is -0.486 e. The number of amides is 2. The van der Waals surface area contributed by atoms with E-state index in [9.17, 15) is 14.0 Å². The van der Waals surface area contributed by atoms with E-state index in [-0.39, 0.29) is 24.1 Å². The van der Waals surface area contributed by atoms with E-state index < -0.39 is 5.92 Å². The minimum atomic E-state index is -0.395. The topological polar surface area (TPSA) is 67.9 Å². The molecule has 0 spiro atoms. The first-order chi connectivity index (χ1) is 13.6. The van der Waals surface area contributed by atoms with Crippen LogP contribution in [0, 0.1) is 11.7 Å². The van der Waals surface area contributed by atoms with Crippen molar-refractivity contribution in [2.45, 2.75) is 12.8 Å². The van der Waals surface area contributed by atoms with Crippen LogP contribution >= 0.6 is 0 Å². The van der Waals surface area contributed by atoms with Gasteiger partial charge in [-0.15, -0.1) is 0 Å². The Balaban J connectivity index is 1.33. The Bertz CT molecular complexity index is 884. The standard InChI is InChI=1S/C21H21FN2O4/c22-16-3-1-14(2-4-16)7-8-24-13-15(11-20(24)25)21(26)23-17-5-6-18-19(12-17)28-10-9-27-18/h1-6,12,15H,7-11,13H2,(H,23,26)/t15-/m0/s1. The van der Waals surface area contributed by atoms with Gasteiger partial charge < -0.3 is 19.7 Å². The highest BCUT2D eigenvalue weighted by Crippen LogP contribution is 2.33. The monoisotopic (exact) mass is 384 g/mol. The van der Waals surface area contributed by atoms with E-state index in [1.807, 2.05) is 0 Å². The number of benzene rings is 2. The molecule has 1 fully saturated rings. The molecule has 6 nitrogen and oxygen atoms in total. The summed E-state index contributed by atoms with van der Waals surface area (Å²) in [6.07, 6.45) is 0.822. The Morgan fingerprint density at radius 2 is 1.86 bits per heavy atom. The molecule has 0 bridgehead atoms. The Morgan fingerprint density at radius 1 is 1.11 bits per heavy atom. The first-order valence-corrected chi connectivity index (χ1v) is 9.31. The lowest BCUT2D eigenvalue weighted by atomic mass is 10.1. The van der Waals surface area contributed by atoms with Gasteiger partial charge in [0.05, 0.1) is 5.92 Å². The molecule has 2 aromatic carbocycles. The van der Waals surface area contributed by atoms with Crippen LogP contribution in [0.3, 0.4) is 0 Å². The molecule has 0 unspecified atom stereocenters. The van der Waals surface area contributed by atoms with Gasteiger partial charge in [0.25, 0.3) is 0 Å². The summed E-state index contributed by atoms with van der Waals surface area (Å²) in [7, 11) is 0. The van der Waals surface area contributed by atoms with Crippen LogP contribution in [-0.4, -0.2) is 43.0 Å². The molecule has 2 aromatic rings. The van der Waals surface area contributed by atoms with Crippen molar-refractivity contribution in [1.29, 1.82) is 0 Å². The largest absolute Gasteiger partial charge is 0.486 e. The zero-order valence-corrected chi connectivity index (χ0v) is 15.3. The van der Waals surface area contributed by atoms with Gasteiger partial charge in [-0.3, -0.25) is 9.59 Å². The van der Waals surface area contributed by atoms with Crippen molar-refractivity contribution in [3.63, 3.8) is 0 Å². The summed E-state index contributed by atoms with van der Waals surface area (Å²) < 4.78 is 24.0. The van der Waals surface area contributed by atoms with Crippen molar-refractivity contribution < 1.29 is 23.5 Å². The maximum atomic E-state index is 13.0. The first-order valence-electron chi connectivity index (χ1n) is 9.31. The molecule has 7 heteroatoms. The number of halogens is 1. The molecule has 2 aliphatic rings. The summed E-state index contributed by atoms with van der Waals surface area (Å²) in [6.45, 7) is 1.88. The number of hydrogen-bond acceptors (Lipinski definition) is 4. The van der Waals surface area contributed by atoms with E-state index in [0.29, 0.717) is 49.9 Å². The Kier molecular flexibility index (Phi) is 5.14. The van der Waals surface area contributed by atoms with E-state index in [4.69, 9.17) is 9.47 Å². The van der Waals surface area contributed by atoms with Crippen LogP contribution in [0.4, 0.5) is 10.1 Å². The predicted molar refractivity (Wildman–Crippen MR) is 101 cm³/mol. The van der Waals surface area contributed by atoms with Crippen molar-refractivity contribution >= 4 is 17.5 Å². The van der Waals surface area contributed by atoms with Crippen LogP contribution in [0.25, 0.3) is 0 Å². The fourth-order valence-electron chi connectivity index (χ4n) is 3.44. The summed E-state index contributed by atoms with van der Waals surface area (Å²) in [5.74, 6) is 0.365. The summed E-state index contributed by atoms with van der Waals surface area (Å²) in [5.41, 5.74) is 1.57. The number of hydrogen-bond donors (Lipinski definition) is 1. The third-order valence-electron chi connectivity index (χ3n) is 4.98. The van der Waals surface area contributed by atoms with E-state index >= 15 is 0 Å². The number of likely N-dealkylation sites (tertiary alicyclic amines) is 1. The Hall–Kier alpha value is -3.09. The normalized spacial score (nSPS) is 18.2. The van der Waals surface area contributed by atoms with Gasteiger partial charge in [-0.2, -0.15) is 0 Å². The van der Waals surface area contributed by atoms with Gasteiger partial charge in [-0.1, -0.05) is 12.1 Å². The van der Waals surface area contributed by atoms with Gasteiger partial charge >= 0.3 is 0 Å². The second-order valence-electron chi connectivity index (χ2n) is 6.96. The van der Waals surface area contributed by atoms with Crippen LogP contribution in [0.1, 0.15) is 12.0 Å². The van der Waals surface area contributed by atoms with Crippen LogP contribution in [0.5, 0.6) is 11.5 Å². The Labute approximate surface area is 162 Å². The van der Waals surface area contributed by atoms with Gasteiger partial charge in [0.1, 0.15) is 19.0 Å². The zero-order chi connectivity index (χ0) is 19.5. The van der Waals surface area contributed by atoms with E-state index in [0.717, 1.165) is 5.56 Å². The van der Waals surface area contributed by atoms with Crippen molar-refractivity contribution in [3.8, 4) is 11.5 Å². The molecule has 0 aromatic heterocycles.